The molecule has 0 radical (unpaired) electrons. The zero-order valence-corrected chi connectivity index (χ0v) is 16.9. The van der Waals surface area contributed by atoms with Gasteiger partial charge in [0.05, 0.1) is 13.2 Å². The number of methoxy groups -OCH3 is 1. The number of carboxylic acids is 1. The van der Waals surface area contributed by atoms with Crippen LogP contribution < -0.4 is 0 Å². The van der Waals surface area contributed by atoms with Crippen molar-refractivity contribution >= 4 is 5.97 Å². The number of ether oxygens (including phenoxy) is 6. The lowest BCUT2D eigenvalue weighted by Crippen LogP contribution is -2.64. The SMILES string of the molecule is CO[C@H]1[C@H](O)[C@@H](O)[C@H](O[C@H]2[C@H](O[C@@H]3COC(O)[C@H](O)[C@H]3O)OC[C@@H](O)[C@@H]2O)O[C@@H]1C(=O)O. The fourth-order valence-corrected chi connectivity index (χ4v) is 3.67. The third kappa shape index (κ3) is 5.05. The summed E-state index contributed by atoms with van der Waals surface area (Å²) in [6.07, 6.45) is -21.0. The van der Waals surface area contributed by atoms with Gasteiger partial charge in [0.15, 0.2) is 25.0 Å². The Bertz CT molecular complexity index is 635. The highest BCUT2D eigenvalue weighted by atomic mass is 16.8. The summed E-state index contributed by atoms with van der Waals surface area (Å²) in [5.41, 5.74) is 0. The number of carboxylic acid groups (broad SMARTS) is 1. The van der Waals surface area contributed by atoms with E-state index in [2.05, 4.69) is 0 Å². The number of aliphatic hydroxyl groups excluding tert-OH is 7. The van der Waals surface area contributed by atoms with Gasteiger partial charge in [-0.3, -0.25) is 0 Å². The normalized spacial score (nSPS) is 50.2. The van der Waals surface area contributed by atoms with E-state index in [1.54, 1.807) is 0 Å². The van der Waals surface area contributed by atoms with Crippen LogP contribution in [0.15, 0.2) is 0 Å². The van der Waals surface area contributed by atoms with Crippen molar-refractivity contribution in [1.82, 2.24) is 0 Å². The molecule has 0 bridgehead atoms. The van der Waals surface area contributed by atoms with E-state index in [1.165, 1.54) is 0 Å². The van der Waals surface area contributed by atoms with Crippen molar-refractivity contribution in [2.24, 2.45) is 0 Å². The Morgan fingerprint density at radius 2 is 1.47 bits per heavy atom. The van der Waals surface area contributed by atoms with E-state index in [0.29, 0.717) is 0 Å². The first kappa shape index (κ1) is 25.6. The molecule has 15 heteroatoms. The van der Waals surface area contributed by atoms with Crippen molar-refractivity contribution in [2.75, 3.05) is 20.3 Å². The molecule has 0 amide bonds. The molecule has 0 aliphatic carbocycles. The molecule has 13 atom stereocenters. The molecule has 186 valence electrons. The fourth-order valence-electron chi connectivity index (χ4n) is 3.67. The summed E-state index contributed by atoms with van der Waals surface area (Å²) in [7, 11) is 1.11. The molecule has 0 spiro atoms. The predicted molar refractivity (Wildman–Crippen MR) is 94.6 cm³/mol. The summed E-state index contributed by atoms with van der Waals surface area (Å²) < 4.78 is 31.2. The van der Waals surface area contributed by atoms with Gasteiger partial charge < -0.3 is 69.3 Å². The minimum Gasteiger partial charge on any atom is -0.479 e. The topological polar surface area (TPSA) is 234 Å². The van der Waals surface area contributed by atoms with Crippen LogP contribution in [0, 0.1) is 0 Å². The van der Waals surface area contributed by atoms with Gasteiger partial charge >= 0.3 is 5.97 Å². The van der Waals surface area contributed by atoms with Crippen molar-refractivity contribution in [3.63, 3.8) is 0 Å². The van der Waals surface area contributed by atoms with E-state index in [9.17, 15) is 45.6 Å². The lowest BCUT2D eigenvalue weighted by Gasteiger charge is -2.45. The minimum absolute atomic E-state index is 0.373. The molecular formula is C17H28O15. The zero-order chi connectivity index (χ0) is 23.7. The zero-order valence-electron chi connectivity index (χ0n) is 16.9. The van der Waals surface area contributed by atoms with E-state index in [1.807, 2.05) is 0 Å². The van der Waals surface area contributed by atoms with E-state index < -0.39 is 92.5 Å². The van der Waals surface area contributed by atoms with Crippen molar-refractivity contribution in [1.29, 1.82) is 0 Å². The molecule has 32 heavy (non-hydrogen) atoms. The Labute approximate surface area is 181 Å². The monoisotopic (exact) mass is 472 g/mol. The van der Waals surface area contributed by atoms with E-state index >= 15 is 0 Å². The second-order valence-corrected chi connectivity index (χ2v) is 7.68. The van der Waals surface area contributed by atoms with Gasteiger partial charge in [-0.05, 0) is 0 Å². The Hall–Kier alpha value is -1.05. The predicted octanol–water partition coefficient (Wildman–Crippen LogP) is -5.55. The van der Waals surface area contributed by atoms with Crippen LogP contribution in [-0.2, 0) is 33.2 Å². The van der Waals surface area contributed by atoms with Gasteiger partial charge in [0.25, 0.3) is 0 Å². The van der Waals surface area contributed by atoms with Gasteiger partial charge in [0.2, 0.25) is 0 Å². The van der Waals surface area contributed by atoms with Crippen molar-refractivity contribution in [2.45, 2.75) is 79.9 Å². The van der Waals surface area contributed by atoms with E-state index in [0.717, 1.165) is 7.11 Å². The highest BCUT2D eigenvalue weighted by Gasteiger charge is 2.52. The van der Waals surface area contributed by atoms with Gasteiger partial charge in [-0.25, -0.2) is 4.79 Å². The van der Waals surface area contributed by atoms with Crippen LogP contribution in [0.1, 0.15) is 0 Å². The number of hydrogen-bond acceptors (Lipinski definition) is 14. The van der Waals surface area contributed by atoms with Gasteiger partial charge in [-0.15, -0.1) is 0 Å². The average Bonchev–Trinajstić information content (AvgIpc) is 2.76. The smallest absolute Gasteiger partial charge is 0.335 e. The molecule has 0 saturated carbocycles. The third-order valence-corrected chi connectivity index (χ3v) is 5.54. The average molecular weight is 472 g/mol. The number of aliphatic carboxylic acids is 1. The largest absolute Gasteiger partial charge is 0.479 e. The maximum atomic E-state index is 11.5. The second kappa shape index (κ2) is 10.5. The Balaban J connectivity index is 1.75. The summed E-state index contributed by atoms with van der Waals surface area (Å²) in [4.78, 5) is 11.5. The Morgan fingerprint density at radius 1 is 0.781 bits per heavy atom. The molecule has 3 aliphatic rings. The quantitative estimate of drug-likeness (QED) is 0.180. The van der Waals surface area contributed by atoms with Gasteiger partial charge in [0, 0.05) is 7.11 Å². The summed E-state index contributed by atoms with van der Waals surface area (Å²) >= 11 is 0. The Kier molecular flexibility index (Phi) is 8.37. The number of aliphatic hydroxyl groups is 7. The molecule has 3 fully saturated rings. The summed E-state index contributed by atoms with van der Waals surface area (Å²) in [5, 5.41) is 79.5. The number of carbonyl (C=O) groups is 1. The van der Waals surface area contributed by atoms with Crippen LogP contribution in [0.4, 0.5) is 0 Å². The van der Waals surface area contributed by atoms with E-state index in [-0.39, 0.29) is 6.61 Å². The standard InChI is InChI=1S/C17H28O15/c1-27-11-8(21)10(23)16(32-13(11)14(24)25)31-12-6(19)4(18)2-29-17(12)30-5-3-28-15(26)9(22)7(5)20/h4-13,15-23,26H,2-3H2,1H3,(H,24,25)/t4-,5-,6+,7+,8-,9-,10-,11+,12-,13+,15?,16-,17+/m1/s1. The van der Waals surface area contributed by atoms with Crippen LogP contribution in [0.3, 0.4) is 0 Å². The van der Waals surface area contributed by atoms with Gasteiger partial charge in [-0.2, -0.15) is 0 Å². The summed E-state index contributed by atoms with van der Waals surface area (Å²) in [6.45, 7) is -0.788. The highest BCUT2D eigenvalue weighted by molar-refractivity contribution is 5.73. The van der Waals surface area contributed by atoms with E-state index in [4.69, 9.17) is 28.4 Å². The first-order chi connectivity index (χ1) is 15.1. The lowest BCUT2D eigenvalue weighted by molar-refractivity contribution is -0.368. The maximum absolute atomic E-state index is 11.5. The van der Waals surface area contributed by atoms with Crippen LogP contribution >= 0.6 is 0 Å². The van der Waals surface area contributed by atoms with Crippen molar-refractivity contribution in [3.8, 4) is 0 Å². The Morgan fingerprint density at radius 3 is 2.09 bits per heavy atom. The maximum Gasteiger partial charge on any atom is 0.335 e. The molecule has 0 aromatic carbocycles. The van der Waals surface area contributed by atoms with Crippen molar-refractivity contribution < 1.29 is 74.1 Å². The first-order valence-electron chi connectivity index (χ1n) is 9.78. The molecule has 1 unspecified atom stereocenters. The summed E-state index contributed by atoms with van der Waals surface area (Å²) in [6, 6.07) is 0. The second-order valence-electron chi connectivity index (χ2n) is 7.68. The van der Waals surface area contributed by atoms with Crippen LogP contribution in [-0.4, -0.2) is 147 Å². The minimum atomic E-state index is -1.82. The lowest BCUT2D eigenvalue weighted by atomic mass is 9.98. The van der Waals surface area contributed by atoms with Crippen LogP contribution in [0.5, 0.6) is 0 Å². The molecule has 3 saturated heterocycles. The highest BCUT2D eigenvalue weighted by Crippen LogP contribution is 2.30. The molecule has 15 nitrogen and oxygen atoms in total. The van der Waals surface area contributed by atoms with Crippen LogP contribution in [0.2, 0.25) is 0 Å². The first-order valence-corrected chi connectivity index (χ1v) is 9.78. The number of rotatable bonds is 6. The third-order valence-electron chi connectivity index (χ3n) is 5.54. The molecule has 0 aromatic heterocycles. The summed E-state index contributed by atoms with van der Waals surface area (Å²) in [5.74, 6) is -1.51. The molecule has 3 aliphatic heterocycles. The van der Waals surface area contributed by atoms with Gasteiger partial charge in [0.1, 0.15) is 54.9 Å². The molecule has 3 heterocycles. The molecule has 3 rings (SSSR count). The molecule has 0 aromatic rings. The van der Waals surface area contributed by atoms with Crippen molar-refractivity contribution in [3.05, 3.63) is 0 Å². The number of hydrogen-bond donors (Lipinski definition) is 8. The van der Waals surface area contributed by atoms with Gasteiger partial charge in [-0.1, -0.05) is 0 Å². The fraction of sp³-hybridized carbons (Fsp3) is 0.941. The van der Waals surface area contributed by atoms with Crippen LogP contribution in [0.25, 0.3) is 0 Å². The molecular weight excluding hydrogens is 444 g/mol. The molecule has 8 N–H and O–H groups in total.